The quantitative estimate of drug-likeness (QED) is 0.476. The Morgan fingerprint density at radius 3 is 2.21 bits per heavy atom. The van der Waals surface area contributed by atoms with Crippen LogP contribution in [0, 0.1) is 0 Å². The highest BCUT2D eigenvalue weighted by molar-refractivity contribution is 5.86. The number of nitrogens with zero attached hydrogens (tertiary/aromatic N) is 5. The lowest BCUT2D eigenvalue weighted by atomic mass is 9.98. The molecule has 0 atom stereocenters. The van der Waals surface area contributed by atoms with Gasteiger partial charge in [-0.25, -0.2) is 0 Å². The molecule has 2 N–H and O–H groups in total. The molecule has 0 bridgehead atoms. The van der Waals surface area contributed by atoms with Crippen LogP contribution >= 0.6 is 0 Å². The number of anilines is 4. The van der Waals surface area contributed by atoms with Crippen LogP contribution in [0.5, 0.6) is 0 Å². The van der Waals surface area contributed by atoms with Crippen LogP contribution in [0.15, 0.2) is 42.5 Å². The van der Waals surface area contributed by atoms with Gasteiger partial charge in [-0.2, -0.15) is 15.0 Å². The third-order valence-corrected chi connectivity index (χ3v) is 7.38. The highest BCUT2D eigenvalue weighted by atomic mass is 15.4. The van der Waals surface area contributed by atoms with Gasteiger partial charge in [-0.05, 0) is 68.7 Å². The number of likely N-dealkylation sites (tertiary alicyclic amines) is 1. The van der Waals surface area contributed by atoms with Gasteiger partial charge < -0.3 is 20.4 Å². The number of piperidine rings is 1. The summed E-state index contributed by atoms with van der Waals surface area (Å²) in [7, 11) is 4.10. The Hall–Kier alpha value is -2.93. The molecule has 3 aromatic rings. The molecule has 1 aromatic heterocycles. The van der Waals surface area contributed by atoms with E-state index in [1.165, 1.54) is 49.3 Å². The summed E-state index contributed by atoms with van der Waals surface area (Å²) in [5.74, 6) is 2.01. The average Bonchev–Trinajstić information content (AvgIpc) is 3.14. The molecule has 7 nitrogen and oxygen atoms in total. The molecule has 2 fully saturated rings. The molecular weight excluding hydrogens is 422 g/mol. The molecule has 0 radical (unpaired) electrons. The number of benzene rings is 2. The summed E-state index contributed by atoms with van der Waals surface area (Å²) in [6.07, 6.45) is 10.0. The summed E-state index contributed by atoms with van der Waals surface area (Å²) in [5.41, 5.74) is 0.984. The molecule has 0 amide bonds. The van der Waals surface area contributed by atoms with Crippen molar-refractivity contribution in [2.75, 3.05) is 42.7 Å². The van der Waals surface area contributed by atoms with Gasteiger partial charge >= 0.3 is 0 Å². The summed E-state index contributed by atoms with van der Waals surface area (Å²) in [6, 6.07) is 15.7. The maximum absolute atomic E-state index is 5.00. The van der Waals surface area contributed by atoms with Gasteiger partial charge in [0.1, 0.15) is 0 Å². The highest BCUT2D eigenvalue weighted by Crippen LogP contribution is 2.31. The average molecular weight is 460 g/mol. The summed E-state index contributed by atoms with van der Waals surface area (Å²) in [4.78, 5) is 19.5. The second kappa shape index (κ2) is 10.6. The lowest BCUT2D eigenvalue weighted by Gasteiger charge is -2.42. The molecule has 180 valence electrons. The largest absolute Gasteiger partial charge is 0.357 e. The maximum atomic E-state index is 5.00. The lowest BCUT2D eigenvalue weighted by molar-refractivity contribution is 0.239. The summed E-state index contributed by atoms with van der Waals surface area (Å²) >= 11 is 0. The van der Waals surface area contributed by atoms with Gasteiger partial charge in [0.05, 0.1) is 0 Å². The second-order valence-corrected chi connectivity index (χ2v) is 9.81. The SMILES string of the molecule is CNc1nc(Nc2ccc3ccccc3c2)nc(N(C2CCCCCC2)C2CCN(C)CC2)n1. The van der Waals surface area contributed by atoms with Gasteiger partial charge in [0.15, 0.2) is 0 Å². The summed E-state index contributed by atoms with van der Waals surface area (Å²) in [5, 5.41) is 9.04. The van der Waals surface area contributed by atoms with E-state index in [0.717, 1.165) is 37.6 Å². The molecule has 2 aliphatic rings. The molecule has 34 heavy (non-hydrogen) atoms. The summed E-state index contributed by atoms with van der Waals surface area (Å²) < 4.78 is 0. The lowest BCUT2D eigenvalue weighted by Crippen LogP contribution is -2.49. The Morgan fingerprint density at radius 2 is 1.47 bits per heavy atom. The molecule has 2 aromatic carbocycles. The Morgan fingerprint density at radius 1 is 0.794 bits per heavy atom. The fraction of sp³-hybridized carbons (Fsp3) is 0.519. The van der Waals surface area contributed by atoms with E-state index in [-0.39, 0.29) is 0 Å². The Kier molecular flexibility index (Phi) is 7.09. The topological polar surface area (TPSA) is 69.2 Å². The Bertz CT molecular complexity index is 1090. The third-order valence-electron chi connectivity index (χ3n) is 7.38. The van der Waals surface area contributed by atoms with Crippen LogP contribution < -0.4 is 15.5 Å². The molecule has 1 aliphatic carbocycles. The van der Waals surface area contributed by atoms with Crippen LogP contribution in [0.2, 0.25) is 0 Å². The van der Waals surface area contributed by atoms with E-state index in [1.807, 2.05) is 7.05 Å². The third kappa shape index (κ3) is 5.25. The number of nitrogens with one attached hydrogen (secondary N) is 2. The zero-order valence-electron chi connectivity index (χ0n) is 20.5. The van der Waals surface area contributed by atoms with Crippen LogP contribution in [-0.4, -0.2) is 59.1 Å². The predicted molar refractivity (Wildman–Crippen MR) is 141 cm³/mol. The van der Waals surface area contributed by atoms with Gasteiger partial charge in [0.2, 0.25) is 17.8 Å². The molecule has 1 saturated carbocycles. The van der Waals surface area contributed by atoms with Crippen molar-refractivity contribution in [2.45, 2.75) is 63.5 Å². The van der Waals surface area contributed by atoms with Crippen molar-refractivity contribution in [1.29, 1.82) is 0 Å². The van der Waals surface area contributed by atoms with Crippen molar-refractivity contribution in [3.8, 4) is 0 Å². The molecular formula is C27H37N7. The zero-order valence-corrected chi connectivity index (χ0v) is 20.5. The second-order valence-electron chi connectivity index (χ2n) is 9.81. The van der Waals surface area contributed by atoms with Gasteiger partial charge in [-0.1, -0.05) is 56.0 Å². The zero-order chi connectivity index (χ0) is 23.3. The standard InChI is InChI=1S/C27H37N7/c1-28-25-30-26(29-22-14-13-20-9-7-8-10-21(20)19-22)32-27(31-25)34(23-11-5-3-4-6-12-23)24-15-17-33(2)18-16-24/h7-10,13-14,19,23-24H,3-6,11-12,15-18H2,1-2H3,(H2,28,29,30,31,32). The number of hydrogen-bond acceptors (Lipinski definition) is 7. The molecule has 0 spiro atoms. The fourth-order valence-electron chi connectivity index (χ4n) is 5.48. The molecule has 1 saturated heterocycles. The van der Waals surface area contributed by atoms with E-state index in [2.05, 4.69) is 74.9 Å². The molecule has 0 unspecified atom stereocenters. The fourth-order valence-corrected chi connectivity index (χ4v) is 5.48. The van der Waals surface area contributed by atoms with Crippen molar-refractivity contribution < 1.29 is 0 Å². The highest BCUT2D eigenvalue weighted by Gasteiger charge is 2.32. The number of aromatic nitrogens is 3. The van der Waals surface area contributed by atoms with Crippen LogP contribution in [-0.2, 0) is 0 Å². The first-order chi connectivity index (χ1) is 16.7. The number of fused-ring (bicyclic) bond motifs is 1. The number of rotatable bonds is 6. The van der Waals surface area contributed by atoms with Gasteiger partial charge in [-0.3, -0.25) is 0 Å². The minimum Gasteiger partial charge on any atom is -0.357 e. The molecule has 2 heterocycles. The minimum absolute atomic E-state index is 0.472. The molecule has 5 rings (SSSR count). The van der Waals surface area contributed by atoms with Gasteiger partial charge in [0, 0.05) is 24.8 Å². The van der Waals surface area contributed by atoms with Crippen molar-refractivity contribution in [2.24, 2.45) is 0 Å². The van der Waals surface area contributed by atoms with Crippen LogP contribution in [0.1, 0.15) is 51.4 Å². The van der Waals surface area contributed by atoms with Crippen molar-refractivity contribution in [1.82, 2.24) is 19.9 Å². The van der Waals surface area contributed by atoms with Crippen LogP contribution in [0.3, 0.4) is 0 Å². The van der Waals surface area contributed by atoms with E-state index in [4.69, 9.17) is 9.97 Å². The van der Waals surface area contributed by atoms with Crippen molar-refractivity contribution in [3.05, 3.63) is 42.5 Å². The first kappa shape index (κ1) is 22.8. The van der Waals surface area contributed by atoms with Crippen molar-refractivity contribution in [3.63, 3.8) is 0 Å². The van der Waals surface area contributed by atoms with Crippen LogP contribution in [0.25, 0.3) is 10.8 Å². The summed E-state index contributed by atoms with van der Waals surface area (Å²) in [6.45, 7) is 2.25. The minimum atomic E-state index is 0.472. The first-order valence-electron chi connectivity index (χ1n) is 12.9. The molecule has 1 aliphatic heterocycles. The monoisotopic (exact) mass is 459 g/mol. The first-order valence-corrected chi connectivity index (χ1v) is 12.9. The normalized spacial score (nSPS) is 18.5. The van der Waals surface area contributed by atoms with E-state index in [1.54, 1.807) is 0 Å². The Labute approximate surface area is 203 Å². The van der Waals surface area contributed by atoms with Gasteiger partial charge in [0.25, 0.3) is 0 Å². The van der Waals surface area contributed by atoms with Gasteiger partial charge in [-0.15, -0.1) is 0 Å². The smallest absolute Gasteiger partial charge is 0.233 e. The van der Waals surface area contributed by atoms with E-state index in [9.17, 15) is 0 Å². The van der Waals surface area contributed by atoms with E-state index >= 15 is 0 Å². The molecule has 7 heteroatoms. The van der Waals surface area contributed by atoms with E-state index < -0.39 is 0 Å². The predicted octanol–water partition coefficient (Wildman–Crippen LogP) is 5.43. The Balaban J connectivity index is 1.48. The van der Waals surface area contributed by atoms with Crippen molar-refractivity contribution >= 4 is 34.3 Å². The van der Waals surface area contributed by atoms with Crippen LogP contribution in [0.4, 0.5) is 23.5 Å². The maximum Gasteiger partial charge on any atom is 0.233 e. The number of hydrogen-bond donors (Lipinski definition) is 2. The van der Waals surface area contributed by atoms with E-state index in [0.29, 0.717) is 24.0 Å².